The summed E-state index contributed by atoms with van der Waals surface area (Å²) in [7, 11) is -1.20. The van der Waals surface area contributed by atoms with Gasteiger partial charge in [0, 0.05) is 45.5 Å². The smallest absolute Gasteiger partial charge is 0.193 e. The van der Waals surface area contributed by atoms with E-state index in [1.807, 2.05) is 0 Å². The highest BCUT2D eigenvalue weighted by Gasteiger charge is 2.20. The van der Waals surface area contributed by atoms with Gasteiger partial charge in [0.2, 0.25) is 0 Å². The molecular weight excluding hydrogens is 320 g/mol. The van der Waals surface area contributed by atoms with Crippen LogP contribution in [0.25, 0.3) is 0 Å². The van der Waals surface area contributed by atoms with E-state index in [4.69, 9.17) is 0 Å². The number of piperazine rings is 1. The van der Waals surface area contributed by atoms with Crippen molar-refractivity contribution in [3.63, 3.8) is 0 Å². The maximum Gasteiger partial charge on any atom is 0.193 e. The number of nitrogens with one attached hydrogen (secondary N) is 1. The van der Waals surface area contributed by atoms with Crippen LogP contribution in [0.15, 0.2) is 22.5 Å². The molecule has 0 aromatic carbocycles. The first kappa shape index (κ1) is 17.1. The second kappa shape index (κ2) is 7.82. The highest BCUT2D eigenvalue weighted by Crippen LogP contribution is 2.22. The van der Waals surface area contributed by atoms with Crippen molar-refractivity contribution in [2.24, 2.45) is 4.99 Å². The van der Waals surface area contributed by atoms with Gasteiger partial charge in [-0.3, -0.25) is 4.99 Å². The summed E-state index contributed by atoms with van der Waals surface area (Å²) in [4.78, 5) is 8.82. The second-order valence-corrected chi connectivity index (χ2v) is 8.53. The van der Waals surface area contributed by atoms with Gasteiger partial charge in [0.05, 0.1) is 10.8 Å². The lowest BCUT2D eigenvalue weighted by Gasteiger charge is -2.37. The van der Waals surface area contributed by atoms with Crippen molar-refractivity contribution in [1.29, 1.82) is 0 Å². The lowest BCUT2D eigenvalue weighted by atomic mass is 10.3. The molecular formula is C14H24N4O2S2. The third-order valence-corrected chi connectivity index (χ3v) is 6.38. The minimum atomic E-state index is -2.94. The van der Waals surface area contributed by atoms with E-state index in [1.165, 1.54) is 5.00 Å². The van der Waals surface area contributed by atoms with Gasteiger partial charge in [-0.15, -0.1) is 11.3 Å². The van der Waals surface area contributed by atoms with Gasteiger partial charge in [0.1, 0.15) is 0 Å². The molecule has 1 aromatic rings. The number of rotatable bonds is 5. The van der Waals surface area contributed by atoms with Gasteiger partial charge in [-0.25, -0.2) is 8.42 Å². The van der Waals surface area contributed by atoms with Gasteiger partial charge < -0.3 is 15.1 Å². The molecule has 0 spiro atoms. The van der Waals surface area contributed by atoms with Gasteiger partial charge in [-0.05, 0) is 17.5 Å². The van der Waals surface area contributed by atoms with Crippen molar-refractivity contribution in [3.05, 3.63) is 17.5 Å². The highest BCUT2D eigenvalue weighted by molar-refractivity contribution is 7.91. The third kappa shape index (κ3) is 4.61. The van der Waals surface area contributed by atoms with E-state index in [9.17, 15) is 8.42 Å². The average Bonchev–Trinajstić information content (AvgIpc) is 3.06. The molecule has 0 bridgehead atoms. The van der Waals surface area contributed by atoms with Gasteiger partial charge in [-0.1, -0.05) is 6.92 Å². The summed E-state index contributed by atoms with van der Waals surface area (Å²) in [5, 5.41) is 6.56. The summed E-state index contributed by atoms with van der Waals surface area (Å²) in [6.45, 7) is 5.76. The number of hydrogen-bond acceptors (Lipinski definition) is 5. The first-order valence-electron chi connectivity index (χ1n) is 7.50. The predicted molar refractivity (Wildman–Crippen MR) is 93.8 cm³/mol. The molecule has 0 saturated carbocycles. The molecule has 0 radical (unpaired) electrons. The molecule has 2 heterocycles. The van der Waals surface area contributed by atoms with E-state index >= 15 is 0 Å². The van der Waals surface area contributed by atoms with Crippen LogP contribution in [0, 0.1) is 0 Å². The summed E-state index contributed by atoms with van der Waals surface area (Å²) in [6.07, 6.45) is 0. The van der Waals surface area contributed by atoms with E-state index in [2.05, 4.69) is 37.6 Å². The Morgan fingerprint density at radius 3 is 2.64 bits per heavy atom. The first-order chi connectivity index (χ1) is 10.6. The molecule has 22 heavy (non-hydrogen) atoms. The fourth-order valence-corrected chi connectivity index (χ4v) is 3.87. The minimum absolute atomic E-state index is 0.150. The van der Waals surface area contributed by atoms with Gasteiger partial charge in [-0.2, -0.15) is 0 Å². The Labute approximate surface area is 136 Å². The number of aliphatic imine (C=N–C) groups is 1. The monoisotopic (exact) mass is 344 g/mol. The fourth-order valence-electron chi connectivity index (χ4n) is 2.38. The van der Waals surface area contributed by atoms with Crippen LogP contribution in [-0.2, 0) is 9.84 Å². The van der Waals surface area contributed by atoms with Crippen LogP contribution < -0.4 is 10.2 Å². The van der Waals surface area contributed by atoms with Crippen molar-refractivity contribution in [2.75, 3.05) is 56.2 Å². The van der Waals surface area contributed by atoms with Crippen molar-refractivity contribution < 1.29 is 8.42 Å². The minimum Gasteiger partial charge on any atom is -0.360 e. The molecule has 1 aliphatic rings. The van der Waals surface area contributed by atoms with Crippen molar-refractivity contribution in [1.82, 2.24) is 10.2 Å². The number of sulfone groups is 1. The van der Waals surface area contributed by atoms with Crippen LogP contribution in [0.5, 0.6) is 0 Å². The van der Waals surface area contributed by atoms with Crippen LogP contribution in [0.1, 0.15) is 6.92 Å². The fraction of sp³-hybridized carbons (Fsp3) is 0.643. The standard InChI is InChI=1S/C14H24N4O2S2/c1-3-22(19,20)12-6-16-14(15-2)18-9-7-17(8-10-18)13-5-4-11-21-13/h4-5,11H,3,6-10,12H2,1-2H3,(H,15,16). The van der Waals surface area contributed by atoms with Crippen LogP contribution in [0.3, 0.4) is 0 Å². The molecule has 1 aromatic heterocycles. The number of guanidine groups is 1. The molecule has 0 aliphatic carbocycles. The van der Waals surface area contributed by atoms with Crippen molar-refractivity contribution in [3.8, 4) is 0 Å². The lowest BCUT2D eigenvalue weighted by Crippen LogP contribution is -2.53. The molecule has 0 atom stereocenters. The average molecular weight is 345 g/mol. The number of nitrogens with zero attached hydrogens (tertiary/aromatic N) is 3. The van der Waals surface area contributed by atoms with Crippen LogP contribution in [-0.4, -0.2) is 70.6 Å². The quantitative estimate of drug-likeness (QED) is 0.634. The second-order valence-electron chi connectivity index (χ2n) is 5.14. The summed E-state index contributed by atoms with van der Waals surface area (Å²) >= 11 is 1.76. The zero-order chi connectivity index (χ0) is 16.0. The first-order valence-corrected chi connectivity index (χ1v) is 10.2. The molecule has 0 amide bonds. The largest absolute Gasteiger partial charge is 0.360 e. The summed E-state index contributed by atoms with van der Waals surface area (Å²) < 4.78 is 23.0. The van der Waals surface area contributed by atoms with E-state index in [0.717, 1.165) is 32.1 Å². The molecule has 6 nitrogen and oxygen atoms in total. The molecule has 124 valence electrons. The summed E-state index contributed by atoms with van der Waals surface area (Å²) in [6, 6.07) is 4.21. The van der Waals surface area contributed by atoms with Gasteiger partial charge in [0.25, 0.3) is 0 Å². The van der Waals surface area contributed by atoms with Crippen molar-refractivity contribution >= 4 is 32.1 Å². The zero-order valence-electron chi connectivity index (χ0n) is 13.2. The third-order valence-electron chi connectivity index (χ3n) is 3.74. The Morgan fingerprint density at radius 2 is 2.09 bits per heavy atom. The van der Waals surface area contributed by atoms with Gasteiger partial charge in [0.15, 0.2) is 15.8 Å². The molecule has 0 unspecified atom stereocenters. The maximum absolute atomic E-state index is 11.5. The normalized spacial score (nSPS) is 16.9. The van der Waals surface area contributed by atoms with Crippen LogP contribution >= 0.6 is 11.3 Å². The number of anilines is 1. The maximum atomic E-state index is 11.5. The molecule has 1 N–H and O–H groups in total. The Hall–Kier alpha value is -1.28. The van der Waals surface area contributed by atoms with E-state index in [-0.39, 0.29) is 11.5 Å². The topological polar surface area (TPSA) is 65.0 Å². The van der Waals surface area contributed by atoms with Crippen LogP contribution in [0.2, 0.25) is 0 Å². The van der Waals surface area contributed by atoms with Crippen molar-refractivity contribution in [2.45, 2.75) is 6.92 Å². The highest BCUT2D eigenvalue weighted by atomic mass is 32.2. The Bertz CT molecular complexity index is 576. The molecule has 1 fully saturated rings. The number of thiophene rings is 1. The Morgan fingerprint density at radius 1 is 1.36 bits per heavy atom. The Kier molecular flexibility index (Phi) is 6.07. The molecule has 8 heteroatoms. The molecule has 1 aliphatic heterocycles. The van der Waals surface area contributed by atoms with E-state index in [0.29, 0.717) is 6.54 Å². The van der Waals surface area contributed by atoms with Crippen LogP contribution in [0.4, 0.5) is 5.00 Å². The molecule has 2 rings (SSSR count). The van der Waals surface area contributed by atoms with E-state index in [1.54, 1.807) is 25.3 Å². The zero-order valence-corrected chi connectivity index (χ0v) is 14.8. The predicted octanol–water partition coefficient (Wildman–Crippen LogP) is 0.880. The Balaban J connectivity index is 1.81. The summed E-state index contributed by atoms with van der Waals surface area (Å²) in [5.74, 6) is 1.13. The number of hydrogen-bond donors (Lipinski definition) is 1. The van der Waals surface area contributed by atoms with Gasteiger partial charge >= 0.3 is 0 Å². The van der Waals surface area contributed by atoms with E-state index < -0.39 is 9.84 Å². The lowest BCUT2D eigenvalue weighted by molar-refractivity contribution is 0.374. The SMILES string of the molecule is CCS(=O)(=O)CCNC(=NC)N1CCN(c2cccs2)CC1. The summed E-state index contributed by atoms with van der Waals surface area (Å²) in [5.41, 5.74) is 0. The molecule has 1 saturated heterocycles.